The lowest BCUT2D eigenvalue weighted by atomic mass is 9.85. The Balaban J connectivity index is 0.000000145. The summed E-state index contributed by atoms with van der Waals surface area (Å²) >= 11 is 0. The summed E-state index contributed by atoms with van der Waals surface area (Å²) in [6.45, 7) is 4.89. The second-order valence-electron chi connectivity index (χ2n) is 16.0. The summed E-state index contributed by atoms with van der Waals surface area (Å²) in [6, 6.07) is 15.8. The van der Waals surface area contributed by atoms with Crippen molar-refractivity contribution in [1.82, 2.24) is 75.1 Å². The Bertz CT molecular complexity index is 2890. The first-order valence-electron chi connectivity index (χ1n) is 20.8. The number of aromatic nitrogens is 12. The third-order valence-corrected chi connectivity index (χ3v) is 11.7. The predicted octanol–water partition coefficient (Wildman–Crippen LogP) is 5.83. The molecule has 5 N–H and O–H groups in total. The lowest BCUT2D eigenvalue weighted by Crippen LogP contribution is -2.26. The number of hydrogen-bond acceptors (Lipinski definition) is 10. The van der Waals surface area contributed by atoms with Crippen LogP contribution in [0.15, 0.2) is 98.1 Å². The molecular formula is C44H47N15O. The fourth-order valence-electron chi connectivity index (χ4n) is 7.94. The van der Waals surface area contributed by atoms with Gasteiger partial charge in [0.25, 0.3) is 5.91 Å². The first-order chi connectivity index (χ1) is 29.6. The van der Waals surface area contributed by atoms with Gasteiger partial charge < -0.3 is 24.8 Å². The van der Waals surface area contributed by atoms with Gasteiger partial charge in [0, 0.05) is 54.8 Å². The number of pyridine rings is 3. The summed E-state index contributed by atoms with van der Waals surface area (Å²) in [6.07, 6.45) is 23.6. The largest absolute Gasteiger partial charge is 0.346 e. The van der Waals surface area contributed by atoms with Gasteiger partial charge in [0.15, 0.2) is 0 Å². The molecule has 0 spiro atoms. The zero-order valence-electron chi connectivity index (χ0n) is 33.3. The number of aromatic amines is 2. The van der Waals surface area contributed by atoms with E-state index in [1.54, 1.807) is 29.3 Å². The first kappa shape index (κ1) is 37.5. The average molecular weight is 802 g/mol. The molecule has 8 heterocycles. The number of amides is 1. The van der Waals surface area contributed by atoms with Gasteiger partial charge in [-0.15, -0.1) is 5.10 Å². The van der Waals surface area contributed by atoms with Crippen LogP contribution in [-0.4, -0.2) is 78.1 Å². The third kappa shape index (κ3) is 8.24. The van der Waals surface area contributed by atoms with E-state index < -0.39 is 0 Å². The molecule has 1 aromatic carbocycles. The summed E-state index contributed by atoms with van der Waals surface area (Å²) < 4.78 is 5.90. The van der Waals surface area contributed by atoms with E-state index in [1.165, 1.54) is 49.7 Å². The molecule has 0 atom stereocenters. The molecule has 0 radical (unpaired) electrons. The molecule has 9 aromatic rings. The molecule has 304 valence electrons. The summed E-state index contributed by atoms with van der Waals surface area (Å²) in [5.74, 6) is 1.59. The zero-order chi connectivity index (χ0) is 40.3. The number of H-pyrrole nitrogens is 2. The van der Waals surface area contributed by atoms with Crippen LogP contribution in [0, 0.1) is 11.8 Å². The highest BCUT2D eigenvalue weighted by molar-refractivity contribution is 6.06. The Kier molecular flexibility index (Phi) is 10.5. The molecule has 2 fully saturated rings. The van der Waals surface area contributed by atoms with Crippen LogP contribution in [0.1, 0.15) is 71.4 Å². The molecule has 1 amide bonds. The Hall–Kier alpha value is -6.78. The fourth-order valence-corrected chi connectivity index (χ4v) is 7.94. The zero-order valence-corrected chi connectivity index (χ0v) is 33.3. The van der Waals surface area contributed by atoms with Gasteiger partial charge in [-0.2, -0.15) is 10.2 Å². The summed E-state index contributed by atoms with van der Waals surface area (Å²) in [5, 5.41) is 34.4. The van der Waals surface area contributed by atoms with Crippen LogP contribution in [0.3, 0.4) is 0 Å². The van der Waals surface area contributed by atoms with Crippen molar-refractivity contribution in [3.8, 4) is 11.4 Å². The van der Waals surface area contributed by atoms with E-state index in [0.29, 0.717) is 18.7 Å². The number of nitrogens with one attached hydrogen (secondary N) is 5. The minimum atomic E-state index is -0.130. The maximum atomic E-state index is 12.6. The van der Waals surface area contributed by atoms with Crippen LogP contribution < -0.4 is 16.0 Å². The van der Waals surface area contributed by atoms with Gasteiger partial charge in [-0.05, 0) is 92.1 Å². The van der Waals surface area contributed by atoms with Crippen molar-refractivity contribution < 1.29 is 4.79 Å². The molecule has 2 aliphatic carbocycles. The Morgan fingerprint density at radius 2 is 1.35 bits per heavy atom. The molecule has 2 aliphatic rings. The number of carbonyl (C=O) groups excluding carboxylic acids is 1. The van der Waals surface area contributed by atoms with Crippen LogP contribution >= 0.6 is 0 Å². The van der Waals surface area contributed by atoms with Crippen LogP contribution in [0.25, 0.3) is 44.5 Å². The molecule has 16 heteroatoms. The number of benzene rings is 1. The van der Waals surface area contributed by atoms with E-state index >= 15 is 0 Å². The molecule has 11 rings (SSSR count). The second-order valence-corrected chi connectivity index (χ2v) is 16.0. The monoisotopic (exact) mass is 801 g/mol. The van der Waals surface area contributed by atoms with Gasteiger partial charge in [-0.1, -0.05) is 36.3 Å². The summed E-state index contributed by atoms with van der Waals surface area (Å²) in [7, 11) is 0. The van der Waals surface area contributed by atoms with Gasteiger partial charge in [0.1, 0.15) is 22.7 Å². The van der Waals surface area contributed by atoms with E-state index in [9.17, 15) is 4.79 Å². The van der Waals surface area contributed by atoms with E-state index in [2.05, 4.69) is 97.8 Å². The van der Waals surface area contributed by atoms with Gasteiger partial charge in [0.2, 0.25) is 0 Å². The highest BCUT2D eigenvalue weighted by Crippen LogP contribution is 2.26. The predicted molar refractivity (Wildman–Crippen MR) is 228 cm³/mol. The van der Waals surface area contributed by atoms with Crippen LogP contribution in [0.2, 0.25) is 0 Å². The molecular weight excluding hydrogens is 755 g/mol. The lowest BCUT2D eigenvalue weighted by molar-refractivity contribution is 0.0952. The third-order valence-electron chi connectivity index (χ3n) is 11.7. The normalized spacial score (nSPS) is 14.4. The van der Waals surface area contributed by atoms with Crippen LogP contribution in [0.4, 0.5) is 0 Å². The van der Waals surface area contributed by atoms with Crippen molar-refractivity contribution in [3.63, 3.8) is 0 Å². The number of rotatable bonds is 14. The number of fused-ring (bicyclic) bond motifs is 4. The number of nitrogens with zero attached hydrogens (tertiary/aromatic N) is 10. The highest BCUT2D eigenvalue weighted by atomic mass is 16.1. The van der Waals surface area contributed by atoms with E-state index in [-0.39, 0.29) is 5.91 Å². The van der Waals surface area contributed by atoms with Crippen molar-refractivity contribution in [2.75, 3.05) is 13.1 Å². The van der Waals surface area contributed by atoms with Crippen molar-refractivity contribution in [2.24, 2.45) is 11.8 Å². The fraction of sp³-hybridized carbons (Fsp3) is 0.318. The standard InChI is InChI=1S/C22H23N9.C22H24N6O/c1-2-15(3-1)8-23-9-16-4-5-21-26-17(12-30(21)11-16)13-31-14-20(28-29-31)22-18-10-25-27-19(18)6-7-24-22;29-22(18-5-2-6-20-19(18)12-25-27-20)24-11-17-14-28-13-16(7-8-21(28)26-17)10-23-9-15-3-1-4-15/h4-7,10-12,14-15,23H,1-3,8-9,13H2,(H,25,27);2,5-8,12-15,23H,1,3-4,9-11H2,(H,24,29)(H,25,27). The maximum absolute atomic E-state index is 12.6. The highest BCUT2D eigenvalue weighted by Gasteiger charge is 2.18. The van der Waals surface area contributed by atoms with Gasteiger partial charge in [-0.3, -0.25) is 20.0 Å². The SMILES string of the molecule is O=C(NCc1cn2cc(CNCC3CCC3)ccc2n1)c1cccc2[nH]ncc12.c1cc2[nH]ncc2c(-c2cn(Cc3cn4cc(CNCC5CCC5)ccc4n3)nn2)n1. The summed E-state index contributed by atoms with van der Waals surface area (Å²) in [5.41, 5.74) is 9.96. The molecule has 60 heavy (non-hydrogen) atoms. The molecule has 8 aromatic heterocycles. The van der Waals surface area contributed by atoms with Crippen LogP contribution in [-0.2, 0) is 26.2 Å². The van der Waals surface area contributed by atoms with Gasteiger partial charge >= 0.3 is 0 Å². The Morgan fingerprint density at radius 3 is 2.03 bits per heavy atom. The van der Waals surface area contributed by atoms with Crippen LogP contribution in [0.5, 0.6) is 0 Å². The minimum Gasteiger partial charge on any atom is -0.346 e. The Labute approximate surface area is 345 Å². The molecule has 16 nitrogen and oxygen atoms in total. The van der Waals surface area contributed by atoms with E-state index in [0.717, 1.165) is 93.9 Å². The van der Waals surface area contributed by atoms with Crippen molar-refractivity contribution in [1.29, 1.82) is 0 Å². The number of imidazole rings is 2. The Morgan fingerprint density at radius 1 is 0.700 bits per heavy atom. The topological polar surface area (TPSA) is 189 Å². The number of carbonyl (C=O) groups is 1. The number of hydrogen-bond donors (Lipinski definition) is 5. The summed E-state index contributed by atoms with van der Waals surface area (Å²) in [4.78, 5) is 26.4. The maximum Gasteiger partial charge on any atom is 0.252 e. The molecule has 0 bridgehead atoms. The molecule has 2 saturated carbocycles. The molecule has 0 saturated heterocycles. The molecule has 0 unspecified atom stereocenters. The first-order valence-corrected chi connectivity index (χ1v) is 20.8. The van der Waals surface area contributed by atoms with Gasteiger partial charge in [0.05, 0.1) is 59.7 Å². The average Bonchev–Trinajstić information content (AvgIpc) is 4.09. The van der Waals surface area contributed by atoms with Gasteiger partial charge in [-0.25, -0.2) is 14.6 Å². The van der Waals surface area contributed by atoms with E-state index in [4.69, 9.17) is 4.98 Å². The second kappa shape index (κ2) is 16.8. The molecule has 0 aliphatic heterocycles. The minimum absolute atomic E-state index is 0.130. The van der Waals surface area contributed by atoms with Crippen molar-refractivity contribution in [3.05, 3.63) is 126 Å². The van der Waals surface area contributed by atoms with Crippen molar-refractivity contribution in [2.45, 2.75) is 64.7 Å². The lowest BCUT2D eigenvalue weighted by Gasteiger charge is -2.25. The smallest absolute Gasteiger partial charge is 0.252 e. The van der Waals surface area contributed by atoms with Crippen molar-refractivity contribution >= 4 is 39.0 Å². The van der Waals surface area contributed by atoms with E-state index in [1.807, 2.05) is 41.1 Å². The quantitative estimate of drug-likeness (QED) is 0.0895.